The maximum atomic E-state index is 13.0. The summed E-state index contributed by atoms with van der Waals surface area (Å²) in [6.45, 7) is 2.25. The molecule has 0 aliphatic heterocycles. The molecule has 1 saturated carbocycles. The Morgan fingerprint density at radius 2 is 2.18 bits per heavy atom. The lowest BCUT2D eigenvalue weighted by Crippen LogP contribution is -2.44. The number of hydrogen-bond acceptors (Lipinski definition) is 2. The summed E-state index contributed by atoms with van der Waals surface area (Å²) in [6.07, 6.45) is 2.68. The highest BCUT2D eigenvalue weighted by Gasteiger charge is 2.36. The quantitative estimate of drug-likeness (QED) is 0.851. The van der Waals surface area contributed by atoms with E-state index in [1.807, 2.05) is 6.92 Å². The average Bonchev–Trinajstić information content (AvgIpc) is 2.60. The third-order valence-corrected chi connectivity index (χ3v) is 3.46. The molecule has 2 unspecified atom stereocenters. The minimum absolute atomic E-state index is 0.0237. The van der Waals surface area contributed by atoms with Crippen LogP contribution in [0.3, 0.4) is 0 Å². The minimum Gasteiger partial charge on any atom is -0.389 e. The standard InChI is InChI=1S/C13H17F2NO/c1-13(17)6-2-3-12(13)16-8-9-4-5-10(14)11(15)7-9/h4-5,7,12,16-17H,2-3,6,8H2,1H3. The van der Waals surface area contributed by atoms with Crippen LogP contribution in [0.15, 0.2) is 18.2 Å². The van der Waals surface area contributed by atoms with Crippen molar-refractivity contribution in [3.63, 3.8) is 0 Å². The SMILES string of the molecule is CC1(O)CCCC1NCc1ccc(F)c(F)c1. The largest absolute Gasteiger partial charge is 0.389 e. The summed E-state index contributed by atoms with van der Waals surface area (Å²) in [5.41, 5.74) is -0.00919. The molecule has 0 aromatic heterocycles. The van der Waals surface area contributed by atoms with E-state index in [2.05, 4.69) is 5.32 Å². The third-order valence-electron chi connectivity index (χ3n) is 3.46. The van der Waals surface area contributed by atoms with Crippen molar-refractivity contribution in [2.45, 2.75) is 44.4 Å². The zero-order chi connectivity index (χ0) is 12.5. The van der Waals surface area contributed by atoms with Gasteiger partial charge in [-0.3, -0.25) is 0 Å². The number of halogens is 2. The van der Waals surface area contributed by atoms with E-state index in [1.165, 1.54) is 6.07 Å². The Kier molecular flexibility index (Phi) is 3.45. The van der Waals surface area contributed by atoms with Gasteiger partial charge in [-0.15, -0.1) is 0 Å². The molecule has 1 aliphatic carbocycles. The van der Waals surface area contributed by atoms with Crippen LogP contribution in [0.4, 0.5) is 8.78 Å². The molecule has 4 heteroatoms. The maximum absolute atomic E-state index is 13.0. The summed E-state index contributed by atoms with van der Waals surface area (Å²) >= 11 is 0. The second-order valence-corrected chi connectivity index (χ2v) is 4.93. The van der Waals surface area contributed by atoms with Gasteiger partial charge in [0.15, 0.2) is 11.6 Å². The van der Waals surface area contributed by atoms with Gasteiger partial charge in [0.25, 0.3) is 0 Å². The number of nitrogens with one attached hydrogen (secondary N) is 1. The molecule has 0 heterocycles. The molecule has 2 atom stereocenters. The molecule has 1 aliphatic rings. The Bertz CT molecular complexity index is 406. The highest BCUT2D eigenvalue weighted by atomic mass is 19.2. The Balaban J connectivity index is 1.96. The fourth-order valence-electron chi connectivity index (χ4n) is 2.36. The van der Waals surface area contributed by atoms with Crippen molar-refractivity contribution in [1.82, 2.24) is 5.32 Å². The molecule has 2 rings (SSSR count). The zero-order valence-corrected chi connectivity index (χ0v) is 9.84. The molecule has 17 heavy (non-hydrogen) atoms. The summed E-state index contributed by atoms with van der Waals surface area (Å²) in [7, 11) is 0. The molecule has 1 aromatic carbocycles. The van der Waals surface area contributed by atoms with E-state index in [1.54, 1.807) is 6.07 Å². The molecule has 0 spiro atoms. The summed E-state index contributed by atoms with van der Waals surface area (Å²) in [5.74, 6) is -1.66. The number of rotatable bonds is 3. The van der Waals surface area contributed by atoms with Gasteiger partial charge in [-0.2, -0.15) is 0 Å². The van der Waals surface area contributed by atoms with E-state index in [0.29, 0.717) is 12.1 Å². The van der Waals surface area contributed by atoms with Crippen LogP contribution in [0.5, 0.6) is 0 Å². The molecule has 94 valence electrons. The second-order valence-electron chi connectivity index (χ2n) is 4.93. The van der Waals surface area contributed by atoms with E-state index < -0.39 is 17.2 Å². The normalized spacial score (nSPS) is 28.6. The molecule has 0 bridgehead atoms. The van der Waals surface area contributed by atoms with Crippen LogP contribution < -0.4 is 5.32 Å². The van der Waals surface area contributed by atoms with Crippen molar-refractivity contribution in [3.8, 4) is 0 Å². The van der Waals surface area contributed by atoms with Crippen molar-refractivity contribution in [3.05, 3.63) is 35.4 Å². The molecular weight excluding hydrogens is 224 g/mol. The lowest BCUT2D eigenvalue weighted by molar-refractivity contribution is 0.0387. The first-order valence-electron chi connectivity index (χ1n) is 5.89. The topological polar surface area (TPSA) is 32.3 Å². The molecule has 1 fully saturated rings. The smallest absolute Gasteiger partial charge is 0.159 e. The van der Waals surface area contributed by atoms with Gasteiger partial charge in [0.2, 0.25) is 0 Å². The number of hydrogen-bond donors (Lipinski definition) is 2. The summed E-state index contributed by atoms with van der Waals surface area (Å²) in [4.78, 5) is 0. The monoisotopic (exact) mass is 241 g/mol. The predicted molar refractivity (Wildman–Crippen MR) is 61.5 cm³/mol. The minimum atomic E-state index is -0.832. The first-order chi connectivity index (χ1) is 7.99. The van der Waals surface area contributed by atoms with E-state index in [0.717, 1.165) is 25.3 Å². The molecule has 2 nitrogen and oxygen atoms in total. The average molecular weight is 241 g/mol. The molecular formula is C13H17F2NO. The molecule has 1 aromatic rings. The number of aliphatic hydroxyl groups is 1. The second kappa shape index (κ2) is 4.70. The van der Waals surface area contributed by atoms with Crippen LogP contribution in [-0.2, 0) is 6.54 Å². The number of benzene rings is 1. The summed E-state index contributed by atoms with van der Waals surface area (Å²) in [6, 6.07) is 3.89. The van der Waals surface area contributed by atoms with Crippen molar-refractivity contribution in [1.29, 1.82) is 0 Å². The van der Waals surface area contributed by atoms with Crippen LogP contribution in [0.25, 0.3) is 0 Å². The summed E-state index contributed by atoms with van der Waals surface area (Å²) in [5, 5.41) is 13.2. The van der Waals surface area contributed by atoms with Crippen molar-refractivity contribution in [2.75, 3.05) is 0 Å². The van der Waals surface area contributed by atoms with Crippen LogP contribution in [0.1, 0.15) is 31.7 Å². The van der Waals surface area contributed by atoms with E-state index in [-0.39, 0.29) is 6.04 Å². The Hall–Kier alpha value is -1.00. The summed E-state index contributed by atoms with van der Waals surface area (Å²) < 4.78 is 25.7. The molecule has 0 amide bonds. The van der Waals surface area contributed by atoms with Gasteiger partial charge < -0.3 is 10.4 Å². The third kappa shape index (κ3) is 2.82. The van der Waals surface area contributed by atoms with Crippen molar-refractivity contribution >= 4 is 0 Å². The van der Waals surface area contributed by atoms with E-state index in [4.69, 9.17) is 0 Å². The Labute approximate surface area is 99.7 Å². The van der Waals surface area contributed by atoms with Crippen LogP contribution in [0, 0.1) is 11.6 Å². The van der Waals surface area contributed by atoms with Gasteiger partial charge >= 0.3 is 0 Å². The van der Waals surface area contributed by atoms with Crippen molar-refractivity contribution in [2.24, 2.45) is 0 Å². The highest BCUT2D eigenvalue weighted by Crippen LogP contribution is 2.29. The Morgan fingerprint density at radius 1 is 1.41 bits per heavy atom. The zero-order valence-electron chi connectivity index (χ0n) is 9.84. The van der Waals surface area contributed by atoms with E-state index >= 15 is 0 Å². The van der Waals surface area contributed by atoms with Gasteiger partial charge in [0.05, 0.1) is 5.60 Å². The maximum Gasteiger partial charge on any atom is 0.159 e. The molecule has 2 N–H and O–H groups in total. The van der Waals surface area contributed by atoms with Crippen LogP contribution >= 0.6 is 0 Å². The lowest BCUT2D eigenvalue weighted by atomic mass is 10.0. The van der Waals surface area contributed by atoms with Gasteiger partial charge in [-0.1, -0.05) is 6.07 Å². The van der Waals surface area contributed by atoms with E-state index in [9.17, 15) is 13.9 Å². The first-order valence-corrected chi connectivity index (χ1v) is 5.89. The Morgan fingerprint density at radius 3 is 2.76 bits per heavy atom. The van der Waals surface area contributed by atoms with Crippen molar-refractivity contribution < 1.29 is 13.9 Å². The predicted octanol–water partition coefficient (Wildman–Crippen LogP) is 2.36. The molecule has 0 radical (unpaired) electrons. The lowest BCUT2D eigenvalue weighted by Gasteiger charge is -2.26. The van der Waals surface area contributed by atoms with Gasteiger partial charge in [0.1, 0.15) is 0 Å². The van der Waals surface area contributed by atoms with Gasteiger partial charge in [-0.25, -0.2) is 8.78 Å². The fraction of sp³-hybridized carbons (Fsp3) is 0.538. The fourth-order valence-corrected chi connectivity index (χ4v) is 2.36. The molecule has 0 saturated heterocycles. The van der Waals surface area contributed by atoms with Crippen LogP contribution in [0.2, 0.25) is 0 Å². The highest BCUT2D eigenvalue weighted by molar-refractivity contribution is 5.17. The van der Waals surface area contributed by atoms with Gasteiger partial charge in [-0.05, 0) is 43.9 Å². The van der Waals surface area contributed by atoms with Gasteiger partial charge in [0, 0.05) is 12.6 Å². The van der Waals surface area contributed by atoms with Crippen LogP contribution in [-0.4, -0.2) is 16.7 Å². The first kappa shape index (κ1) is 12.5.